The van der Waals surface area contributed by atoms with E-state index in [1.165, 1.54) is 29.3 Å². The van der Waals surface area contributed by atoms with Gasteiger partial charge in [-0.25, -0.2) is 0 Å². The van der Waals surface area contributed by atoms with Crippen molar-refractivity contribution < 1.29 is 0 Å². The van der Waals surface area contributed by atoms with Crippen LogP contribution in [0.5, 0.6) is 0 Å². The summed E-state index contributed by atoms with van der Waals surface area (Å²) in [5, 5.41) is 0. The average molecular weight is 286 g/mol. The van der Waals surface area contributed by atoms with Crippen molar-refractivity contribution in [3.63, 3.8) is 0 Å². The first-order valence-electron chi connectivity index (χ1n) is 5.07. The summed E-state index contributed by atoms with van der Waals surface area (Å²) in [4.78, 5) is 0. The van der Waals surface area contributed by atoms with Crippen LogP contribution in [0.2, 0.25) is 0 Å². The van der Waals surface area contributed by atoms with Crippen molar-refractivity contribution in [3.05, 3.63) is 34.0 Å². The second kappa shape index (κ2) is 4.45. The van der Waals surface area contributed by atoms with Gasteiger partial charge in [0.25, 0.3) is 0 Å². The standard InChI is InChI=1S/C12H15I/c13-12-9-5-4-8-11(12)10-6-2-1-3-7-10/h2,4-6,9-11H,1,3,7-8H2. The molecular formula is C12H15I. The third kappa shape index (κ3) is 2.25. The molecule has 0 N–H and O–H groups in total. The van der Waals surface area contributed by atoms with E-state index in [1.807, 2.05) is 0 Å². The normalized spacial score (nSPS) is 33.2. The summed E-state index contributed by atoms with van der Waals surface area (Å²) in [6.07, 6.45) is 16.8. The number of allylic oxidation sites excluding steroid dienone is 6. The summed E-state index contributed by atoms with van der Waals surface area (Å²) >= 11 is 2.50. The van der Waals surface area contributed by atoms with Gasteiger partial charge < -0.3 is 0 Å². The van der Waals surface area contributed by atoms with Gasteiger partial charge in [-0.1, -0.05) is 30.4 Å². The maximum atomic E-state index is 2.50. The second-order valence-corrected chi connectivity index (χ2v) is 5.09. The molecule has 70 valence electrons. The fourth-order valence-electron chi connectivity index (χ4n) is 2.17. The maximum Gasteiger partial charge on any atom is -0.000625 e. The van der Waals surface area contributed by atoms with E-state index in [4.69, 9.17) is 0 Å². The van der Waals surface area contributed by atoms with Gasteiger partial charge in [-0.05, 0) is 63.7 Å². The lowest BCUT2D eigenvalue weighted by Gasteiger charge is -2.27. The molecule has 0 amide bonds. The molecule has 2 unspecified atom stereocenters. The Morgan fingerprint density at radius 2 is 2.23 bits per heavy atom. The molecule has 0 heterocycles. The minimum atomic E-state index is 0.780. The minimum absolute atomic E-state index is 0.780. The Kier molecular flexibility index (Phi) is 3.25. The van der Waals surface area contributed by atoms with E-state index < -0.39 is 0 Å². The summed E-state index contributed by atoms with van der Waals surface area (Å²) in [5.41, 5.74) is 0. The number of rotatable bonds is 1. The van der Waals surface area contributed by atoms with Crippen molar-refractivity contribution in [3.8, 4) is 0 Å². The van der Waals surface area contributed by atoms with E-state index in [9.17, 15) is 0 Å². The van der Waals surface area contributed by atoms with Gasteiger partial charge in [0.05, 0.1) is 0 Å². The lowest BCUT2D eigenvalue weighted by atomic mass is 9.81. The van der Waals surface area contributed by atoms with E-state index in [1.54, 1.807) is 0 Å². The van der Waals surface area contributed by atoms with Crippen LogP contribution in [0.25, 0.3) is 0 Å². The highest BCUT2D eigenvalue weighted by Gasteiger charge is 2.22. The van der Waals surface area contributed by atoms with Gasteiger partial charge in [-0.15, -0.1) is 0 Å². The van der Waals surface area contributed by atoms with Crippen molar-refractivity contribution in [1.29, 1.82) is 0 Å². The molecule has 0 saturated carbocycles. The van der Waals surface area contributed by atoms with Gasteiger partial charge in [0.15, 0.2) is 0 Å². The van der Waals surface area contributed by atoms with Crippen molar-refractivity contribution in [2.75, 3.05) is 0 Å². The average Bonchev–Trinajstić information content (AvgIpc) is 2.20. The SMILES string of the molecule is IC1=CC=CCC1C1C=CCCC1. The Balaban J connectivity index is 2.07. The Hall–Kier alpha value is -0.0500. The van der Waals surface area contributed by atoms with Crippen molar-refractivity contribution >= 4 is 22.6 Å². The first-order chi connectivity index (χ1) is 6.38. The molecule has 0 radical (unpaired) electrons. The first-order valence-corrected chi connectivity index (χ1v) is 6.14. The van der Waals surface area contributed by atoms with E-state index in [2.05, 4.69) is 53.0 Å². The number of halogens is 1. The van der Waals surface area contributed by atoms with Gasteiger partial charge in [-0.3, -0.25) is 0 Å². The van der Waals surface area contributed by atoms with Gasteiger partial charge in [-0.2, -0.15) is 0 Å². The van der Waals surface area contributed by atoms with E-state index >= 15 is 0 Å². The molecule has 0 aliphatic heterocycles. The molecule has 1 heteroatoms. The molecule has 0 aromatic carbocycles. The molecule has 0 aromatic heterocycles. The van der Waals surface area contributed by atoms with Crippen LogP contribution in [0, 0.1) is 11.8 Å². The third-order valence-corrected chi connectivity index (χ3v) is 4.10. The Bertz CT molecular complexity index is 260. The van der Waals surface area contributed by atoms with Crippen LogP contribution in [-0.4, -0.2) is 0 Å². The topological polar surface area (TPSA) is 0 Å². The maximum absolute atomic E-state index is 2.50. The first kappa shape index (κ1) is 9.50. The quantitative estimate of drug-likeness (QED) is 0.499. The van der Waals surface area contributed by atoms with Crippen molar-refractivity contribution in [1.82, 2.24) is 0 Å². The fourth-order valence-corrected chi connectivity index (χ4v) is 3.10. The van der Waals surface area contributed by atoms with Crippen LogP contribution in [-0.2, 0) is 0 Å². The van der Waals surface area contributed by atoms with Gasteiger partial charge >= 0.3 is 0 Å². The molecule has 2 rings (SSSR count). The molecule has 2 aliphatic carbocycles. The zero-order chi connectivity index (χ0) is 9.10. The molecule has 0 nitrogen and oxygen atoms in total. The molecule has 0 fully saturated rings. The Morgan fingerprint density at radius 1 is 1.31 bits per heavy atom. The van der Waals surface area contributed by atoms with Crippen LogP contribution < -0.4 is 0 Å². The van der Waals surface area contributed by atoms with Gasteiger partial charge in [0.1, 0.15) is 0 Å². The monoisotopic (exact) mass is 286 g/mol. The van der Waals surface area contributed by atoms with Crippen LogP contribution >= 0.6 is 22.6 Å². The third-order valence-electron chi connectivity index (χ3n) is 2.94. The molecule has 0 bridgehead atoms. The molecular weight excluding hydrogens is 271 g/mol. The highest BCUT2D eigenvalue weighted by Crippen LogP contribution is 2.37. The Labute approximate surface area is 93.9 Å². The summed E-state index contributed by atoms with van der Waals surface area (Å²) < 4.78 is 1.54. The Morgan fingerprint density at radius 3 is 2.92 bits per heavy atom. The predicted octanol–water partition coefficient (Wildman–Crippen LogP) is 4.24. The number of hydrogen-bond acceptors (Lipinski definition) is 0. The van der Waals surface area contributed by atoms with Crippen LogP contribution in [0.3, 0.4) is 0 Å². The fraction of sp³-hybridized carbons (Fsp3) is 0.500. The highest BCUT2D eigenvalue weighted by molar-refractivity contribution is 14.1. The molecule has 13 heavy (non-hydrogen) atoms. The lowest BCUT2D eigenvalue weighted by Crippen LogP contribution is -2.15. The van der Waals surface area contributed by atoms with Crippen molar-refractivity contribution in [2.45, 2.75) is 25.7 Å². The molecule has 0 aromatic rings. The van der Waals surface area contributed by atoms with Crippen molar-refractivity contribution in [2.24, 2.45) is 11.8 Å². The lowest BCUT2D eigenvalue weighted by molar-refractivity contribution is 0.419. The molecule has 2 atom stereocenters. The highest BCUT2D eigenvalue weighted by atomic mass is 127. The van der Waals surface area contributed by atoms with Crippen LogP contribution in [0.4, 0.5) is 0 Å². The van der Waals surface area contributed by atoms with Crippen LogP contribution in [0.15, 0.2) is 34.0 Å². The number of hydrogen-bond donors (Lipinski definition) is 0. The molecule has 0 spiro atoms. The van der Waals surface area contributed by atoms with Crippen LogP contribution in [0.1, 0.15) is 25.7 Å². The zero-order valence-corrected chi connectivity index (χ0v) is 9.91. The molecule has 2 aliphatic rings. The van der Waals surface area contributed by atoms with E-state index in [-0.39, 0.29) is 0 Å². The van der Waals surface area contributed by atoms with Gasteiger partial charge in [0.2, 0.25) is 0 Å². The smallest absolute Gasteiger partial charge is 0.000625 e. The summed E-state index contributed by atoms with van der Waals surface area (Å²) in [6, 6.07) is 0. The van der Waals surface area contributed by atoms with E-state index in [0.29, 0.717) is 0 Å². The molecule has 0 saturated heterocycles. The van der Waals surface area contributed by atoms with Gasteiger partial charge in [0, 0.05) is 0 Å². The zero-order valence-electron chi connectivity index (χ0n) is 7.75. The summed E-state index contributed by atoms with van der Waals surface area (Å²) in [5.74, 6) is 1.59. The predicted molar refractivity (Wildman–Crippen MR) is 65.8 cm³/mol. The summed E-state index contributed by atoms with van der Waals surface area (Å²) in [6.45, 7) is 0. The second-order valence-electron chi connectivity index (χ2n) is 3.84. The van der Waals surface area contributed by atoms with E-state index in [0.717, 1.165) is 11.8 Å². The largest absolute Gasteiger partial charge is 0.0882 e. The summed E-state index contributed by atoms with van der Waals surface area (Å²) in [7, 11) is 0. The minimum Gasteiger partial charge on any atom is -0.0882 e.